The van der Waals surface area contributed by atoms with E-state index in [1.807, 2.05) is 0 Å². The summed E-state index contributed by atoms with van der Waals surface area (Å²) in [4.78, 5) is 18.4. The molecular formula is C54H70N4O10S2. The fourth-order valence-electron chi connectivity index (χ4n) is 12.7. The highest BCUT2D eigenvalue weighted by Crippen LogP contribution is 2.60. The fraction of sp³-hybridized carbons (Fsp3) is 0.630. The Kier molecular flexibility index (Phi) is 15.9. The van der Waals surface area contributed by atoms with Crippen LogP contribution in [0.1, 0.15) is 99.5 Å². The summed E-state index contributed by atoms with van der Waals surface area (Å²) in [6.45, 7) is 3.64. The second-order valence-corrected chi connectivity index (χ2v) is 23.3. The van der Waals surface area contributed by atoms with Crippen molar-refractivity contribution < 1.29 is 49.3 Å². The second kappa shape index (κ2) is 21.9. The third-order valence-corrected chi connectivity index (χ3v) is 19.0. The maximum atomic E-state index is 13.4. The summed E-state index contributed by atoms with van der Waals surface area (Å²) in [5, 5.41) is 62.8. The van der Waals surface area contributed by atoms with Gasteiger partial charge in [-0.1, -0.05) is 96.2 Å². The van der Waals surface area contributed by atoms with Crippen LogP contribution >= 0.6 is 21.6 Å². The molecule has 2 saturated carbocycles. The van der Waals surface area contributed by atoms with Crippen LogP contribution in [0.15, 0.2) is 35.3 Å². The minimum absolute atomic E-state index is 0.00292. The summed E-state index contributed by atoms with van der Waals surface area (Å²) in [7, 11) is 5.20. The lowest BCUT2D eigenvalue weighted by Gasteiger charge is -2.53. The van der Waals surface area contributed by atoms with E-state index in [4.69, 9.17) is 29.7 Å². The molecule has 10 rings (SSSR count). The van der Waals surface area contributed by atoms with Crippen molar-refractivity contribution in [2.75, 3.05) is 38.7 Å². The van der Waals surface area contributed by atoms with E-state index in [0.29, 0.717) is 65.6 Å². The number of nitrogens with two attached hydrogens (primary N) is 1. The number of phenolic OH excluding ortho intramolecular Hbond substituents is 1. The average Bonchev–Trinajstić information content (AvgIpc) is 3.74. The number of aromatic hydroxyl groups is 1. The Morgan fingerprint density at radius 2 is 1.87 bits per heavy atom. The number of carbonyl (C=O) groups is 1. The molecule has 0 radical (unpaired) electrons. The molecule has 8 bridgehead atoms. The monoisotopic (exact) mass is 998 g/mol. The zero-order valence-electron chi connectivity index (χ0n) is 40.6. The predicted molar refractivity (Wildman–Crippen MR) is 271 cm³/mol. The molecule has 4 aliphatic carbocycles. The first kappa shape index (κ1) is 50.8. The number of aliphatic hydroxyl groups is 4. The van der Waals surface area contributed by atoms with Gasteiger partial charge >= 0.3 is 0 Å². The van der Waals surface area contributed by atoms with Crippen molar-refractivity contribution in [3.63, 3.8) is 0 Å². The van der Waals surface area contributed by atoms with Crippen LogP contribution < -0.4 is 30.6 Å². The molecule has 0 aromatic heterocycles. The number of allylic oxidation sites excluding steroid dienone is 1. The van der Waals surface area contributed by atoms with Gasteiger partial charge in [0.2, 0.25) is 6.29 Å². The first-order valence-corrected chi connectivity index (χ1v) is 27.7. The lowest BCUT2D eigenvalue weighted by molar-refractivity contribution is -0.121. The summed E-state index contributed by atoms with van der Waals surface area (Å²) < 4.78 is 25.3. The lowest BCUT2D eigenvalue weighted by Crippen LogP contribution is -2.63. The van der Waals surface area contributed by atoms with E-state index in [-0.39, 0.29) is 91.6 Å². The Hall–Kier alpha value is -4.10. The SMILES string of the molecule is CO[C@H](CO)[C@@H]1C[C@H]2CCCC[C@@]23NCOc2c4cc(c5c2O[C@@H](O)[C@H](C5)[C@@H]2CSSC[C@@H](C(C)C)N=C(N)N[C@H]2C#C[C@]32C=C[C@H]1C2)CC[C@@H](O)CC(=O)CCc1ccc(O)c(OCO)c1C#CC4. The van der Waals surface area contributed by atoms with Crippen LogP contribution in [0.5, 0.6) is 23.0 Å². The summed E-state index contributed by atoms with van der Waals surface area (Å²) in [6, 6.07) is 4.71. The van der Waals surface area contributed by atoms with Gasteiger partial charge in [0.15, 0.2) is 35.8 Å². The first-order valence-electron chi connectivity index (χ1n) is 25.2. The number of nitrogens with zero attached hydrogens (tertiary/aromatic N) is 1. The van der Waals surface area contributed by atoms with E-state index in [9.17, 15) is 30.3 Å². The molecule has 12 atom stereocenters. The van der Waals surface area contributed by atoms with Gasteiger partial charge in [0.1, 0.15) is 12.5 Å². The minimum Gasteiger partial charge on any atom is -0.504 e. The van der Waals surface area contributed by atoms with Gasteiger partial charge in [0.05, 0.1) is 41.9 Å². The van der Waals surface area contributed by atoms with Crippen molar-refractivity contribution in [2.24, 2.45) is 51.6 Å². The lowest BCUT2D eigenvalue weighted by atomic mass is 9.57. The number of guanidine groups is 1. The molecule has 0 amide bonds. The number of phenols is 1. The number of aryl methyl sites for hydroxylation is 2. The second-order valence-electron chi connectivity index (χ2n) is 20.7. The van der Waals surface area contributed by atoms with Crippen molar-refractivity contribution in [1.29, 1.82) is 0 Å². The number of aliphatic imine (C=N–C) groups is 1. The van der Waals surface area contributed by atoms with E-state index in [1.165, 1.54) is 6.07 Å². The van der Waals surface area contributed by atoms with Crippen molar-refractivity contribution in [3.05, 3.63) is 58.2 Å². The Morgan fingerprint density at radius 1 is 1.03 bits per heavy atom. The smallest absolute Gasteiger partial charge is 0.201 e. The Labute approximate surface area is 420 Å². The van der Waals surface area contributed by atoms with Crippen LogP contribution in [0.2, 0.25) is 0 Å². The number of rotatable bonds is 6. The van der Waals surface area contributed by atoms with Crippen LogP contribution in [0.3, 0.4) is 0 Å². The van der Waals surface area contributed by atoms with E-state index < -0.39 is 42.1 Å². The van der Waals surface area contributed by atoms with Gasteiger partial charge in [-0.25, -0.2) is 4.99 Å². The molecule has 2 aromatic rings. The number of fused-ring (bicyclic) bond motifs is 7. The number of ketones is 1. The third kappa shape index (κ3) is 10.1. The number of hydrogen-bond acceptors (Lipinski definition) is 16. The molecule has 9 N–H and O–H groups in total. The molecule has 8 aliphatic rings. The molecule has 378 valence electrons. The minimum atomic E-state index is -1.26. The van der Waals surface area contributed by atoms with Crippen LogP contribution in [0.4, 0.5) is 0 Å². The standard InChI is InChI=1S/C54H70N4O10S2/c1-31(2)45-28-70-69-27-43-42-24-41-33-11-14-38(62)23-37(61)13-10-32-12-15-46(63)49(67-30-60)39(32)9-6-7-34(21-33)48(50(41)68-51(42)64)66-29-56-54-18-5-4-8-36(54)22-40(47(26-59)65-3)35-16-19-53(54,25-35)20-17-44(43)57-52(55)58-45/h12,15-16,19,21,31,35-36,38,40,42-45,47,51,56,59-60,62-64H,4-5,7-8,10-11,13-14,18,22-30H2,1-3H3,(H3,55,57,58)/t35-,36+,38+,40+,42+,43-,44-,45-,47+,51+,53-,54+/m0/s1. The third-order valence-electron chi connectivity index (χ3n) is 16.5. The van der Waals surface area contributed by atoms with Crippen LogP contribution in [0, 0.1) is 64.6 Å². The van der Waals surface area contributed by atoms with Gasteiger partial charge in [-0.2, -0.15) is 0 Å². The number of aliphatic hydroxyl groups excluding tert-OH is 4. The van der Waals surface area contributed by atoms with Gasteiger partial charge in [0.25, 0.3) is 0 Å². The van der Waals surface area contributed by atoms with E-state index in [1.54, 1.807) is 34.8 Å². The van der Waals surface area contributed by atoms with Gasteiger partial charge in [-0.15, -0.1) is 0 Å². The number of Topliss-reactive ketones (excluding diaryl/α,β-unsaturated/α-hetero) is 1. The number of carbonyl (C=O) groups excluding carboxylic acids is 1. The largest absolute Gasteiger partial charge is 0.504 e. The molecule has 16 heteroatoms. The maximum absolute atomic E-state index is 13.4. The average molecular weight is 999 g/mol. The molecule has 0 unspecified atom stereocenters. The van der Waals surface area contributed by atoms with Gasteiger partial charge < -0.3 is 55.5 Å². The van der Waals surface area contributed by atoms with E-state index in [0.717, 1.165) is 55.4 Å². The summed E-state index contributed by atoms with van der Waals surface area (Å²) >= 11 is 0. The topological polar surface area (TPSA) is 218 Å². The number of benzene rings is 2. The zero-order valence-corrected chi connectivity index (χ0v) is 42.2. The number of methoxy groups -OCH3 is 1. The van der Waals surface area contributed by atoms with Crippen LogP contribution in [0.25, 0.3) is 0 Å². The molecule has 70 heavy (non-hydrogen) atoms. The summed E-state index contributed by atoms with van der Waals surface area (Å²) in [5.41, 5.74) is 9.21. The summed E-state index contributed by atoms with van der Waals surface area (Å²) in [5.74, 6) is 16.5. The first-order chi connectivity index (χ1) is 33.9. The molecule has 2 aromatic carbocycles. The van der Waals surface area contributed by atoms with E-state index >= 15 is 0 Å². The highest BCUT2D eigenvalue weighted by Gasteiger charge is 2.60. The Balaban J connectivity index is 1.22. The molecule has 0 saturated heterocycles. The fourth-order valence-corrected chi connectivity index (χ4v) is 15.5. The zero-order chi connectivity index (χ0) is 49.2. The quantitative estimate of drug-likeness (QED) is 0.0813. The highest BCUT2D eigenvalue weighted by atomic mass is 33.1. The molecule has 2 spiro atoms. The number of hydrogen-bond donors (Lipinski definition) is 8. The Bertz CT molecular complexity index is 2440. The van der Waals surface area contributed by atoms with Gasteiger partial charge in [0, 0.05) is 66.4 Å². The summed E-state index contributed by atoms with van der Waals surface area (Å²) in [6.07, 6.45) is 9.35. The molecule has 2 fully saturated rings. The van der Waals surface area contributed by atoms with Crippen molar-refractivity contribution in [1.82, 2.24) is 10.6 Å². The van der Waals surface area contributed by atoms with Crippen LogP contribution in [-0.2, 0) is 35.2 Å². The molecule has 14 nitrogen and oxygen atoms in total. The predicted octanol–water partition coefficient (Wildman–Crippen LogP) is 5.15. The molecule has 4 aliphatic heterocycles. The van der Waals surface area contributed by atoms with Crippen LogP contribution in [-0.4, -0.2) is 112 Å². The van der Waals surface area contributed by atoms with Crippen molar-refractivity contribution >= 4 is 33.3 Å². The van der Waals surface area contributed by atoms with E-state index in [2.05, 4.69) is 66.4 Å². The normalized spacial score (nSPS) is 33.6. The molecular weight excluding hydrogens is 929 g/mol. The van der Waals surface area contributed by atoms with Crippen molar-refractivity contribution in [2.45, 2.75) is 133 Å². The Morgan fingerprint density at radius 3 is 2.67 bits per heavy atom. The van der Waals surface area contributed by atoms with Gasteiger partial charge in [-0.05, 0) is 92.2 Å². The highest BCUT2D eigenvalue weighted by molar-refractivity contribution is 8.76. The van der Waals surface area contributed by atoms with Gasteiger partial charge in [-0.3, -0.25) is 10.1 Å². The number of ether oxygens (including phenoxy) is 4. The molecule has 4 heterocycles. The number of nitrogens with one attached hydrogen (secondary N) is 2. The maximum Gasteiger partial charge on any atom is 0.201 e. The van der Waals surface area contributed by atoms with Crippen molar-refractivity contribution in [3.8, 4) is 46.7 Å².